The summed E-state index contributed by atoms with van der Waals surface area (Å²) in [6.07, 6.45) is 0. The molecule has 0 aliphatic heterocycles. The Kier molecular flexibility index (Phi) is 3.88. The summed E-state index contributed by atoms with van der Waals surface area (Å²) in [5, 5.41) is 12.2. The van der Waals surface area contributed by atoms with Crippen LogP contribution in [0.25, 0.3) is 0 Å². The highest BCUT2D eigenvalue weighted by Crippen LogP contribution is 2.27. The first-order valence-electron chi connectivity index (χ1n) is 5.35. The Bertz CT molecular complexity index is 519. The smallest absolute Gasteiger partial charge is 0.208 e. The summed E-state index contributed by atoms with van der Waals surface area (Å²) in [6.45, 7) is 6.86. The highest BCUT2D eigenvalue weighted by molar-refractivity contribution is 9.10. The van der Waals surface area contributed by atoms with Gasteiger partial charge in [-0.2, -0.15) is 5.10 Å². The minimum absolute atomic E-state index is 0.774. The van der Waals surface area contributed by atoms with Crippen molar-refractivity contribution in [1.82, 2.24) is 25.0 Å². The quantitative estimate of drug-likeness (QED) is 0.881. The Hall–Kier alpha value is -0.820. The van der Waals surface area contributed by atoms with E-state index in [9.17, 15) is 0 Å². The van der Waals surface area contributed by atoms with Crippen molar-refractivity contribution in [2.45, 2.75) is 38.2 Å². The van der Waals surface area contributed by atoms with E-state index in [1.807, 2.05) is 18.5 Å². The third-order valence-electron chi connectivity index (χ3n) is 2.37. The van der Waals surface area contributed by atoms with Crippen LogP contribution in [0.2, 0.25) is 0 Å². The summed E-state index contributed by atoms with van der Waals surface area (Å²) >= 11 is 5.18. The van der Waals surface area contributed by atoms with Gasteiger partial charge < -0.3 is 0 Å². The van der Waals surface area contributed by atoms with E-state index in [0.717, 1.165) is 33.4 Å². The van der Waals surface area contributed by atoms with Gasteiger partial charge in [-0.1, -0.05) is 11.8 Å². The fourth-order valence-electron chi connectivity index (χ4n) is 1.53. The van der Waals surface area contributed by atoms with E-state index >= 15 is 0 Å². The number of aromatic nitrogens is 5. The Morgan fingerprint density at radius 2 is 2.18 bits per heavy atom. The van der Waals surface area contributed by atoms with Crippen molar-refractivity contribution < 1.29 is 0 Å². The summed E-state index contributed by atoms with van der Waals surface area (Å²) in [4.78, 5) is 4.27. The second-order valence-electron chi connectivity index (χ2n) is 3.65. The van der Waals surface area contributed by atoms with Gasteiger partial charge in [0.05, 0.1) is 15.9 Å². The zero-order chi connectivity index (χ0) is 12.4. The van der Waals surface area contributed by atoms with Crippen LogP contribution >= 0.6 is 27.7 Å². The highest BCUT2D eigenvalue weighted by atomic mass is 79.9. The van der Waals surface area contributed by atoms with Crippen LogP contribution in [-0.4, -0.2) is 25.0 Å². The van der Waals surface area contributed by atoms with Gasteiger partial charge in [0.2, 0.25) is 5.16 Å². The molecule has 2 rings (SSSR count). The molecule has 2 aromatic rings. The molecular weight excluding hydrogens is 302 g/mol. The molecule has 17 heavy (non-hydrogen) atoms. The van der Waals surface area contributed by atoms with Gasteiger partial charge in [-0.25, -0.2) is 4.98 Å². The van der Waals surface area contributed by atoms with Crippen LogP contribution in [0, 0.1) is 13.8 Å². The number of rotatable bonds is 4. The lowest BCUT2D eigenvalue weighted by Crippen LogP contribution is -2.01. The van der Waals surface area contributed by atoms with E-state index < -0.39 is 0 Å². The summed E-state index contributed by atoms with van der Waals surface area (Å²) in [5.74, 6) is 1.65. The molecule has 0 amide bonds. The number of aromatic amines is 1. The number of aryl methyl sites for hydroxylation is 3. The van der Waals surface area contributed by atoms with Crippen molar-refractivity contribution >= 4 is 27.7 Å². The standard InChI is InChI=1S/C10H14BrN5S/c1-4-16-8(9(11)6(2)15-16)5-17-10-12-7(3)13-14-10/h4-5H2,1-3H3,(H,12,13,14). The van der Waals surface area contributed by atoms with Gasteiger partial charge in [0, 0.05) is 12.3 Å². The lowest BCUT2D eigenvalue weighted by molar-refractivity contribution is 0.631. The van der Waals surface area contributed by atoms with E-state index in [4.69, 9.17) is 0 Å². The van der Waals surface area contributed by atoms with Gasteiger partial charge in [0.25, 0.3) is 0 Å². The fourth-order valence-corrected chi connectivity index (χ4v) is 3.01. The Balaban J connectivity index is 2.13. The van der Waals surface area contributed by atoms with Gasteiger partial charge in [-0.3, -0.25) is 9.78 Å². The molecule has 7 heteroatoms. The van der Waals surface area contributed by atoms with Gasteiger partial charge in [-0.15, -0.1) is 5.10 Å². The van der Waals surface area contributed by atoms with Crippen LogP contribution in [0.15, 0.2) is 9.63 Å². The third-order valence-corrected chi connectivity index (χ3v) is 4.26. The van der Waals surface area contributed by atoms with Crippen molar-refractivity contribution in [2.24, 2.45) is 0 Å². The SMILES string of the molecule is CCn1nc(C)c(Br)c1CSc1n[nH]c(C)n1. The number of halogens is 1. The molecule has 0 bridgehead atoms. The summed E-state index contributed by atoms with van der Waals surface area (Å²) < 4.78 is 3.09. The number of nitrogens with one attached hydrogen (secondary N) is 1. The van der Waals surface area contributed by atoms with Gasteiger partial charge in [-0.05, 0) is 36.7 Å². The predicted octanol–water partition coefficient (Wildman–Crippen LogP) is 2.69. The van der Waals surface area contributed by atoms with Crippen molar-refractivity contribution in [3.8, 4) is 0 Å². The first-order valence-corrected chi connectivity index (χ1v) is 7.13. The molecule has 0 fully saturated rings. The topological polar surface area (TPSA) is 59.4 Å². The van der Waals surface area contributed by atoms with Crippen molar-refractivity contribution in [2.75, 3.05) is 0 Å². The maximum absolute atomic E-state index is 4.45. The predicted molar refractivity (Wildman–Crippen MR) is 71.0 cm³/mol. The second-order valence-corrected chi connectivity index (χ2v) is 5.39. The molecule has 0 atom stereocenters. The summed E-state index contributed by atoms with van der Waals surface area (Å²) in [6, 6.07) is 0. The third kappa shape index (κ3) is 2.71. The first-order chi connectivity index (χ1) is 8.11. The first kappa shape index (κ1) is 12.6. The van der Waals surface area contributed by atoms with Crippen LogP contribution in [0.4, 0.5) is 0 Å². The molecule has 1 N–H and O–H groups in total. The molecule has 2 heterocycles. The molecule has 2 aromatic heterocycles. The van der Waals surface area contributed by atoms with Crippen LogP contribution in [0.1, 0.15) is 24.1 Å². The molecule has 0 saturated heterocycles. The molecule has 0 unspecified atom stereocenters. The Labute approximate surface area is 113 Å². The second kappa shape index (κ2) is 5.22. The van der Waals surface area contributed by atoms with E-state index in [1.165, 1.54) is 5.69 Å². The molecule has 0 aliphatic rings. The number of hydrogen-bond donors (Lipinski definition) is 1. The zero-order valence-electron chi connectivity index (χ0n) is 9.99. The maximum Gasteiger partial charge on any atom is 0.208 e. The lowest BCUT2D eigenvalue weighted by atomic mass is 10.4. The zero-order valence-corrected chi connectivity index (χ0v) is 12.4. The van der Waals surface area contributed by atoms with Crippen molar-refractivity contribution in [1.29, 1.82) is 0 Å². The maximum atomic E-state index is 4.45. The fraction of sp³-hybridized carbons (Fsp3) is 0.500. The van der Waals surface area contributed by atoms with Crippen LogP contribution in [0.5, 0.6) is 0 Å². The Morgan fingerprint density at radius 3 is 2.76 bits per heavy atom. The Morgan fingerprint density at radius 1 is 1.41 bits per heavy atom. The monoisotopic (exact) mass is 315 g/mol. The highest BCUT2D eigenvalue weighted by Gasteiger charge is 2.13. The average molecular weight is 316 g/mol. The number of nitrogens with zero attached hydrogens (tertiary/aromatic N) is 4. The molecule has 0 spiro atoms. The normalized spacial score (nSPS) is 11.1. The molecular formula is C10H14BrN5S. The van der Waals surface area contributed by atoms with Gasteiger partial charge >= 0.3 is 0 Å². The van der Waals surface area contributed by atoms with Crippen LogP contribution in [0.3, 0.4) is 0 Å². The van der Waals surface area contributed by atoms with Crippen molar-refractivity contribution in [3.63, 3.8) is 0 Å². The molecule has 5 nitrogen and oxygen atoms in total. The van der Waals surface area contributed by atoms with E-state index in [1.54, 1.807) is 11.8 Å². The lowest BCUT2D eigenvalue weighted by Gasteiger charge is -2.03. The van der Waals surface area contributed by atoms with E-state index in [-0.39, 0.29) is 0 Å². The number of H-pyrrole nitrogens is 1. The minimum atomic E-state index is 0.774. The number of thioether (sulfide) groups is 1. The van der Waals surface area contributed by atoms with Gasteiger partial charge in [0.1, 0.15) is 5.82 Å². The van der Waals surface area contributed by atoms with Crippen LogP contribution in [-0.2, 0) is 12.3 Å². The molecule has 0 radical (unpaired) electrons. The molecule has 92 valence electrons. The largest absolute Gasteiger partial charge is 0.268 e. The molecule has 0 aromatic carbocycles. The van der Waals surface area contributed by atoms with Crippen LogP contribution < -0.4 is 0 Å². The van der Waals surface area contributed by atoms with E-state index in [2.05, 4.69) is 43.1 Å². The van der Waals surface area contributed by atoms with E-state index in [0.29, 0.717) is 0 Å². The average Bonchev–Trinajstić information content (AvgIpc) is 2.83. The number of hydrogen-bond acceptors (Lipinski definition) is 4. The van der Waals surface area contributed by atoms with Gasteiger partial charge in [0.15, 0.2) is 0 Å². The molecule has 0 aliphatic carbocycles. The summed E-state index contributed by atoms with van der Waals surface area (Å²) in [7, 11) is 0. The minimum Gasteiger partial charge on any atom is -0.268 e. The molecule has 0 saturated carbocycles. The summed E-state index contributed by atoms with van der Waals surface area (Å²) in [5.41, 5.74) is 2.20. The van der Waals surface area contributed by atoms with Crippen molar-refractivity contribution in [3.05, 3.63) is 21.7 Å².